The largest absolute Gasteiger partial charge is 0.130 e. The minimum absolute atomic E-state index is 1.24. The van der Waals surface area contributed by atoms with Crippen molar-refractivity contribution in [2.75, 3.05) is 25.5 Å². The Labute approximate surface area is 304 Å². The van der Waals surface area contributed by atoms with Crippen LogP contribution in [0.25, 0.3) is 76.8 Å². The van der Waals surface area contributed by atoms with Crippen LogP contribution in [0.3, 0.4) is 0 Å². The summed E-state index contributed by atoms with van der Waals surface area (Å²) in [5, 5.41) is 7.85. The fraction of sp³-hybridized carbons (Fsp3) is 0.0909. The Bertz CT molecular complexity index is 1820. The fourth-order valence-corrected chi connectivity index (χ4v) is 6.42. The van der Waals surface area contributed by atoms with Gasteiger partial charge in [0.15, 0.2) is 0 Å². The van der Waals surface area contributed by atoms with Gasteiger partial charge in [0, 0.05) is 25.5 Å². The van der Waals surface area contributed by atoms with Crippen LogP contribution in [0.5, 0.6) is 0 Å². The van der Waals surface area contributed by atoms with Gasteiger partial charge in [0.1, 0.15) is 0 Å². The number of hydrogen-bond acceptors (Lipinski definition) is 0. The molecular formula is C44H38Cl4. The van der Waals surface area contributed by atoms with Crippen LogP contribution < -0.4 is 0 Å². The van der Waals surface area contributed by atoms with Crippen LogP contribution in [-0.2, 0) is 0 Å². The highest BCUT2D eigenvalue weighted by atomic mass is 35.5. The van der Waals surface area contributed by atoms with Crippen LogP contribution >= 0.6 is 46.4 Å². The summed E-state index contributed by atoms with van der Waals surface area (Å²) in [6.45, 7) is 0. The van der Waals surface area contributed by atoms with E-state index in [9.17, 15) is 0 Å². The summed E-state index contributed by atoms with van der Waals surface area (Å²) in [7, 11) is 0. The van der Waals surface area contributed by atoms with E-state index >= 15 is 0 Å². The Morgan fingerprint density at radius 2 is 0.438 bits per heavy atom. The van der Waals surface area contributed by atoms with Gasteiger partial charge in [0.25, 0.3) is 0 Å². The van der Waals surface area contributed by atoms with Crippen LogP contribution in [-0.4, -0.2) is 25.5 Å². The van der Waals surface area contributed by atoms with Gasteiger partial charge in [-0.25, -0.2) is 0 Å². The van der Waals surface area contributed by atoms with Gasteiger partial charge in [-0.05, 0) is 89.0 Å². The van der Waals surface area contributed by atoms with E-state index in [0.717, 1.165) is 0 Å². The number of alkyl halides is 4. The zero-order valence-electron chi connectivity index (χ0n) is 27.5. The van der Waals surface area contributed by atoms with Gasteiger partial charge in [-0.15, -0.1) is 46.4 Å². The molecule has 0 unspecified atom stereocenters. The highest BCUT2D eigenvalue weighted by molar-refractivity contribution is 6.32. The van der Waals surface area contributed by atoms with Gasteiger partial charge in [0.2, 0.25) is 0 Å². The lowest BCUT2D eigenvalue weighted by molar-refractivity contribution is 1.62. The lowest BCUT2D eigenvalue weighted by Gasteiger charge is -2.21. The summed E-state index contributed by atoms with van der Waals surface area (Å²) in [5.41, 5.74) is 10.0. The molecule has 8 aromatic carbocycles. The molecule has 0 aliphatic carbocycles. The third kappa shape index (κ3) is 7.34. The second-order valence-electron chi connectivity index (χ2n) is 10.5. The van der Waals surface area contributed by atoms with Gasteiger partial charge in [-0.3, -0.25) is 0 Å². The summed E-state index contributed by atoms with van der Waals surface area (Å²) in [5.74, 6) is 0. The van der Waals surface area contributed by atoms with E-state index in [-0.39, 0.29) is 0 Å². The summed E-state index contributed by atoms with van der Waals surface area (Å²) in [6, 6.07) is 57.4. The normalized spacial score (nSPS) is 10.1. The first-order valence-corrected chi connectivity index (χ1v) is 18.4. The maximum atomic E-state index is 4.64. The molecule has 4 heteroatoms. The first-order valence-electron chi connectivity index (χ1n) is 15.4. The molecule has 8 aromatic rings. The van der Waals surface area contributed by atoms with Crippen molar-refractivity contribution in [1.29, 1.82) is 0 Å². The second kappa shape index (κ2) is 18.5. The molecule has 48 heavy (non-hydrogen) atoms. The molecule has 0 nitrogen and oxygen atoms in total. The Morgan fingerprint density at radius 3 is 0.625 bits per heavy atom. The van der Waals surface area contributed by atoms with Crippen LogP contribution in [0.2, 0.25) is 0 Å². The van der Waals surface area contributed by atoms with Crippen LogP contribution in [0, 0.1) is 0 Å². The van der Waals surface area contributed by atoms with Gasteiger partial charge < -0.3 is 0 Å². The van der Waals surface area contributed by atoms with E-state index in [1.807, 2.05) is 0 Å². The van der Waals surface area contributed by atoms with Crippen LogP contribution in [0.1, 0.15) is 0 Å². The maximum Gasteiger partial charge on any atom is 0.0108 e. The predicted octanol–water partition coefficient (Wildman–Crippen LogP) is 14.7. The number of benzene rings is 8. The molecule has 0 saturated heterocycles. The Balaban J connectivity index is 0.000000608. The third-order valence-electron chi connectivity index (χ3n) is 8.24. The van der Waals surface area contributed by atoms with E-state index < -0.39 is 0 Å². The monoisotopic (exact) mass is 706 g/mol. The fourth-order valence-electron chi connectivity index (χ4n) is 6.42. The molecule has 0 radical (unpaired) electrons. The molecule has 0 atom stereocenters. The molecule has 0 saturated carbocycles. The van der Waals surface area contributed by atoms with E-state index in [4.69, 9.17) is 0 Å². The SMILES string of the molecule is CCl.CCl.CCl.CCl.c1ccc(-c2cc(-c3ccccc3)c3ccc4c(-c5ccccc5)cc(-c5ccccc5)c5ccc2c3c54)cc1. The standard InChI is InChI=1S/C40H26.4CH3Cl/c1-5-13-27(14-6-1)35-25-36(28-15-7-2-8-16-28)32-23-24-34-38(30-19-11-4-12-20-30)26-37(29-17-9-3-10-18-29)33-22-21-31(35)39(32)40(33)34;4*1-2/h1-26H;4*1H3. The highest BCUT2D eigenvalue weighted by Gasteiger charge is 2.20. The summed E-state index contributed by atoms with van der Waals surface area (Å²) in [4.78, 5) is 0. The smallest absolute Gasteiger partial charge is 0.0108 e. The lowest BCUT2D eigenvalue weighted by atomic mass is 9.82. The molecule has 8 rings (SSSR count). The van der Waals surface area contributed by atoms with Gasteiger partial charge in [0.05, 0.1) is 0 Å². The summed E-state index contributed by atoms with van der Waals surface area (Å²) >= 11 is 18.6. The Morgan fingerprint density at radius 1 is 0.250 bits per heavy atom. The predicted molar refractivity (Wildman–Crippen MR) is 219 cm³/mol. The van der Waals surface area contributed by atoms with Crippen molar-refractivity contribution < 1.29 is 0 Å². The van der Waals surface area contributed by atoms with Crippen LogP contribution in [0.15, 0.2) is 158 Å². The molecule has 0 amide bonds. The second-order valence-corrected chi connectivity index (χ2v) is 10.5. The first-order chi connectivity index (χ1) is 23.9. The molecule has 0 aliphatic rings. The number of rotatable bonds is 4. The summed E-state index contributed by atoms with van der Waals surface area (Å²) < 4.78 is 0. The van der Waals surface area contributed by atoms with E-state index in [2.05, 4.69) is 204 Å². The molecule has 0 fully saturated rings. The van der Waals surface area contributed by atoms with Crippen molar-refractivity contribution in [2.45, 2.75) is 0 Å². The Hall–Kier alpha value is -4.04. The van der Waals surface area contributed by atoms with Crippen molar-refractivity contribution in [3.63, 3.8) is 0 Å². The number of halogens is 4. The van der Waals surface area contributed by atoms with Crippen molar-refractivity contribution in [3.8, 4) is 44.5 Å². The van der Waals surface area contributed by atoms with E-state index in [1.165, 1.54) is 102 Å². The van der Waals surface area contributed by atoms with Gasteiger partial charge in [-0.1, -0.05) is 146 Å². The third-order valence-corrected chi connectivity index (χ3v) is 8.24. The summed E-state index contributed by atoms with van der Waals surface area (Å²) in [6.07, 6.45) is 5.89. The average Bonchev–Trinajstić information content (AvgIpc) is 3.21. The molecule has 0 spiro atoms. The zero-order valence-corrected chi connectivity index (χ0v) is 30.5. The van der Waals surface area contributed by atoms with Gasteiger partial charge >= 0.3 is 0 Å². The van der Waals surface area contributed by atoms with E-state index in [0.29, 0.717) is 0 Å². The molecular weight excluding hydrogens is 670 g/mol. The lowest BCUT2D eigenvalue weighted by Crippen LogP contribution is -1.94. The maximum absolute atomic E-state index is 4.64. The molecule has 242 valence electrons. The topological polar surface area (TPSA) is 0 Å². The zero-order chi connectivity index (χ0) is 34.5. The molecule has 0 aliphatic heterocycles. The molecule has 0 N–H and O–H groups in total. The number of hydrogen-bond donors (Lipinski definition) is 0. The van der Waals surface area contributed by atoms with Crippen molar-refractivity contribution in [3.05, 3.63) is 158 Å². The van der Waals surface area contributed by atoms with Crippen molar-refractivity contribution in [2.24, 2.45) is 0 Å². The Kier molecular flexibility index (Phi) is 14.2. The molecule has 0 heterocycles. The quantitative estimate of drug-likeness (QED) is 0.126. The molecule has 0 bridgehead atoms. The van der Waals surface area contributed by atoms with Gasteiger partial charge in [-0.2, -0.15) is 0 Å². The highest BCUT2D eigenvalue weighted by Crippen LogP contribution is 2.48. The minimum atomic E-state index is 1.24. The van der Waals surface area contributed by atoms with Crippen LogP contribution in [0.4, 0.5) is 0 Å². The van der Waals surface area contributed by atoms with Crippen molar-refractivity contribution >= 4 is 78.7 Å². The first kappa shape index (κ1) is 36.8. The average molecular weight is 709 g/mol. The van der Waals surface area contributed by atoms with E-state index in [1.54, 1.807) is 0 Å². The van der Waals surface area contributed by atoms with Crippen molar-refractivity contribution in [1.82, 2.24) is 0 Å². The molecule has 0 aromatic heterocycles. The minimum Gasteiger partial charge on any atom is -0.130 e.